The van der Waals surface area contributed by atoms with Crippen molar-refractivity contribution in [3.8, 4) is 0 Å². The van der Waals surface area contributed by atoms with Crippen molar-refractivity contribution in [1.29, 1.82) is 0 Å². The van der Waals surface area contributed by atoms with E-state index < -0.39 is 75.0 Å². The number of likely N-dealkylation sites (tertiary alicyclic amines) is 1. The molecule has 1 heterocycles. The molecule has 1 fully saturated rings. The van der Waals surface area contributed by atoms with Gasteiger partial charge in [-0.15, -0.1) is 0 Å². The highest BCUT2D eigenvalue weighted by atomic mass is 32.2. The summed E-state index contributed by atoms with van der Waals surface area (Å²) in [4.78, 5) is 13.5. The molecule has 2 atom stereocenters. The van der Waals surface area contributed by atoms with Crippen LogP contribution in [0.25, 0.3) is 0 Å². The second kappa shape index (κ2) is 11.5. The Morgan fingerprint density at radius 3 is 1.93 bits per heavy atom. The molecule has 1 aliphatic heterocycles. The van der Waals surface area contributed by atoms with Gasteiger partial charge in [-0.25, -0.2) is 13.2 Å². The Morgan fingerprint density at radius 2 is 1.45 bits per heavy atom. The van der Waals surface area contributed by atoms with Crippen LogP contribution in [0.1, 0.15) is 30.0 Å². The molecule has 42 heavy (non-hydrogen) atoms. The van der Waals surface area contributed by atoms with Gasteiger partial charge < -0.3 is 14.2 Å². The molecule has 4 nitrogen and oxygen atoms in total. The van der Waals surface area contributed by atoms with Gasteiger partial charge in [0.05, 0.1) is 13.2 Å². The Balaban J connectivity index is 1.81. The third-order valence-electron chi connectivity index (χ3n) is 7.17. The van der Waals surface area contributed by atoms with Crippen LogP contribution in [-0.4, -0.2) is 40.8 Å². The number of carbonyl (C=O) groups excluding carboxylic acids is 1. The smallest absolute Gasteiger partial charge is 0.430 e. The van der Waals surface area contributed by atoms with Gasteiger partial charge in [0.2, 0.25) is 5.91 Å². The zero-order valence-corrected chi connectivity index (χ0v) is 22.5. The molecule has 0 aromatic heterocycles. The summed E-state index contributed by atoms with van der Waals surface area (Å²) < 4.78 is 144. The first-order valence-corrected chi connectivity index (χ1v) is 13.4. The molecular formula is C28H22F9NO3S. The fourth-order valence-electron chi connectivity index (χ4n) is 4.92. The van der Waals surface area contributed by atoms with Crippen LogP contribution < -0.4 is 0 Å². The number of halogens is 9. The molecule has 0 N–H and O–H groups in total. The van der Waals surface area contributed by atoms with Crippen molar-refractivity contribution in [1.82, 2.24) is 4.90 Å². The maximum absolute atomic E-state index is 14.3. The van der Waals surface area contributed by atoms with E-state index >= 15 is 0 Å². The van der Waals surface area contributed by atoms with E-state index in [1.54, 1.807) is 0 Å². The highest BCUT2D eigenvalue weighted by Gasteiger charge is 2.73. The minimum Gasteiger partial charge on any atom is -0.611 e. The first-order chi connectivity index (χ1) is 19.5. The number of rotatable bonds is 7. The van der Waals surface area contributed by atoms with Gasteiger partial charge in [-0.2, -0.15) is 26.3 Å². The minimum atomic E-state index is -6.14. The lowest BCUT2D eigenvalue weighted by Gasteiger charge is -2.38. The summed E-state index contributed by atoms with van der Waals surface area (Å²) in [7, 11) is 0. The Hall–Kier alpha value is -3.23. The lowest BCUT2D eigenvalue weighted by atomic mass is 9.88. The van der Waals surface area contributed by atoms with Gasteiger partial charge in [-0.3, -0.25) is 4.79 Å². The molecule has 1 saturated heterocycles. The van der Waals surface area contributed by atoms with Gasteiger partial charge in [0, 0.05) is 36.6 Å². The molecule has 0 spiro atoms. The second-order valence-electron chi connectivity index (χ2n) is 9.65. The van der Waals surface area contributed by atoms with E-state index in [2.05, 4.69) is 4.74 Å². The van der Waals surface area contributed by atoms with Crippen LogP contribution in [0.4, 0.5) is 39.5 Å². The van der Waals surface area contributed by atoms with Gasteiger partial charge >= 0.3 is 12.4 Å². The van der Waals surface area contributed by atoms with E-state index in [1.165, 1.54) is 24.0 Å². The Kier molecular flexibility index (Phi) is 8.65. The van der Waals surface area contributed by atoms with E-state index in [9.17, 15) is 48.9 Å². The third kappa shape index (κ3) is 5.59. The second-order valence-corrected chi connectivity index (χ2v) is 11.4. The maximum atomic E-state index is 14.3. The van der Waals surface area contributed by atoms with Crippen molar-refractivity contribution < 1.29 is 53.6 Å². The number of ether oxygens (including phenoxy) is 1. The fourth-order valence-corrected chi connectivity index (χ4v) is 6.66. The number of hydrogen-bond acceptors (Lipinski definition) is 3. The van der Waals surface area contributed by atoms with Crippen LogP contribution in [-0.2, 0) is 37.7 Å². The van der Waals surface area contributed by atoms with E-state index in [-0.39, 0.29) is 30.0 Å². The standard InChI is InChI=1S/C28H22F9NO3S/c1-17(39)38-14-13-25(16-38,42(40)21-11-9-20(29)10-12-21)18-5-7-19(8-6-18)26(27(32,33)34,28(35,36)37)41-15-22-23(30)3-2-4-24(22)31/h2-12H,13-16H2,1H3. The minimum absolute atomic E-state index is 0.0304. The molecule has 0 radical (unpaired) electrons. The zero-order valence-electron chi connectivity index (χ0n) is 21.7. The highest BCUT2D eigenvalue weighted by Crippen LogP contribution is 2.54. The Morgan fingerprint density at radius 1 is 0.905 bits per heavy atom. The van der Waals surface area contributed by atoms with Crippen LogP contribution in [0.15, 0.2) is 71.6 Å². The van der Waals surface area contributed by atoms with E-state index in [0.29, 0.717) is 24.3 Å². The molecule has 1 aliphatic rings. The van der Waals surface area contributed by atoms with Crippen LogP contribution in [0.2, 0.25) is 0 Å². The number of alkyl halides is 6. The summed E-state index contributed by atoms with van der Waals surface area (Å²) in [5, 5.41) is 0. The summed E-state index contributed by atoms with van der Waals surface area (Å²) >= 11 is -2.03. The Bertz CT molecular complexity index is 1390. The van der Waals surface area contributed by atoms with Crippen molar-refractivity contribution in [3.63, 3.8) is 0 Å². The Labute approximate surface area is 237 Å². The molecule has 2 unspecified atom stereocenters. The number of hydrogen-bond donors (Lipinski definition) is 0. The average Bonchev–Trinajstić information content (AvgIpc) is 3.36. The topological polar surface area (TPSA) is 52.6 Å². The molecule has 4 rings (SSSR count). The quantitative estimate of drug-likeness (QED) is 0.213. The normalized spacial score (nSPS) is 18.8. The summed E-state index contributed by atoms with van der Waals surface area (Å²) in [6.07, 6.45) is -12.2. The molecule has 14 heteroatoms. The van der Waals surface area contributed by atoms with Gasteiger partial charge in [0.1, 0.15) is 17.5 Å². The van der Waals surface area contributed by atoms with Crippen molar-refractivity contribution in [2.24, 2.45) is 0 Å². The molecule has 0 bridgehead atoms. The maximum Gasteiger partial charge on any atom is 0.430 e. The largest absolute Gasteiger partial charge is 0.611 e. The number of amides is 1. The zero-order chi connectivity index (χ0) is 31.1. The van der Waals surface area contributed by atoms with Crippen molar-refractivity contribution >= 4 is 17.1 Å². The predicted molar refractivity (Wildman–Crippen MR) is 133 cm³/mol. The van der Waals surface area contributed by atoms with Crippen LogP contribution in [0.5, 0.6) is 0 Å². The van der Waals surface area contributed by atoms with E-state index in [0.717, 1.165) is 30.3 Å². The van der Waals surface area contributed by atoms with E-state index in [1.807, 2.05) is 0 Å². The van der Waals surface area contributed by atoms with Gasteiger partial charge in [0.15, 0.2) is 9.64 Å². The lowest BCUT2D eigenvalue weighted by Crippen LogP contribution is -2.56. The molecule has 0 saturated carbocycles. The molecule has 226 valence electrons. The predicted octanol–water partition coefficient (Wildman–Crippen LogP) is 6.90. The first-order valence-electron chi connectivity index (χ1n) is 12.3. The molecule has 1 amide bonds. The number of benzene rings is 3. The summed E-state index contributed by atoms with van der Waals surface area (Å²) in [5.41, 5.74) is -7.50. The monoisotopic (exact) mass is 623 g/mol. The van der Waals surface area contributed by atoms with Crippen LogP contribution in [0, 0.1) is 17.5 Å². The lowest BCUT2D eigenvalue weighted by molar-refractivity contribution is -0.392. The van der Waals surface area contributed by atoms with Crippen LogP contribution in [0.3, 0.4) is 0 Å². The van der Waals surface area contributed by atoms with Crippen molar-refractivity contribution in [3.05, 3.63) is 101 Å². The van der Waals surface area contributed by atoms with Crippen LogP contribution >= 0.6 is 0 Å². The van der Waals surface area contributed by atoms with Gasteiger partial charge in [-0.1, -0.05) is 30.3 Å². The molecule has 0 aliphatic carbocycles. The first kappa shape index (κ1) is 31.7. The molecule has 3 aromatic carbocycles. The molecule has 3 aromatic rings. The van der Waals surface area contributed by atoms with Crippen molar-refractivity contribution in [2.75, 3.05) is 13.1 Å². The third-order valence-corrected chi connectivity index (χ3v) is 9.15. The van der Waals surface area contributed by atoms with Gasteiger partial charge in [-0.05, 0) is 47.6 Å². The SMILES string of the molecule is CC(=O)N1CCC(c2ccc(C(OCc3c(F)cccc3F)(C(F)(F)F)C(F)(F)F)cc2)([S+]([O-])c2ccc(F)cc2)C1. The van der Waals surface area contributed by atoms with Gasteiger partial charge in [0.25, 0.3) is 5.60 Å². The van der Waals surface area contributed by atoms with E-state index in [4.69, 9.17) is 0 Å². The molecular weight excluding hydrogens is 601 g/mol. The average molecular weight is 624 g/mol. The number of carbonyl (C=O) groups is 1. The summed E-state index contributed by atoms with van der Waals surface area (Å²) in [5.74, 6) is -3.82. The summed E-state index contributed by atoms with van der Waals surface area (Å²) in [6.45, 7) is -0.545. The fraction of sp³-hybridized carbons (Fsp3) is 0.321. The highest BCUT2D eigenvalue weighted by molar-refractivity contribution is 7.92. The van der Waals surface area contributed by atoms with Crippen molar-refractivity contribution in [2.45, 2.75) is 47.5 Å². The summed E-state index contributed by atoms with van der Waals surface area (Å²) in [6, 6.07) is 9.56. The number of nitrogens with zero attached hydrogens (tertiary/aromatic N) is 1.